The van der Waals surface area contributed by atoms with Gasteiger partial charge in [0.15, 0.2) is 12.4 Å². The average Bonchev–Trinajstić information content (AvgIpc) is 3.12. The highest BCUT2D eigenvalue weighted by atomic mass is 79.9. The molecule has 0 bridgehead atoms. The minimum Gasteiger partial charge on any atom is -0.453 e. The van der Waals surface area contributed by atoms with Gasteiger partial charge in [0.25, 0.3) is 5.56 Å². The van der Waals surface area contributed by atoms with Gasteiger partial charge in [0.05, 0.1) is 11.7 Å². The summed E-state index contributed by atoms with van der Waals surface area (Å²) in [5.41, 5.74) is 2.77. The number of hydrogen-bond donors (Lipinski definition) is 0. The maximum atomic E-state index is 12.5. The van der Waals surface area contributed by atoms with Crippen LogP contribution in [0.4, 0.5) is 0 Å². The number of nitrogens with zero attached hydrogens (tertiary/aromatic N) is 2. The van der Waals surface area contributed by atoms with E-state index in [4.69, 9.17) is 4.74 Å². The zero-order chi connectivity index (χ0) is 22.1. The Morgan fingerprint density at radius 1 is 1.06 bits per heavy atom. The van der Waals surface area contributed by atoms with E-state index in [-0.39, 0.29) is 22.8 Å². The van der Waals surface area contributed by atoms with E-state index in [0.29, 0.717) is 21.3 Å². The van der Waals surface area contributed by atoms with Crippen molar-refractivity contribution in [2.75, 3.05) is 6.61 Å². The summed E-state index contributed by atoms with van der Waals surface area (Å²) >= 11 is 4.50. The first kappa shape index (κ1) is 21.1. The van der Waals surface area contributed by atoms with Crippen molar-refractivity contribution >= 4 is 49.2 Å². The SMILES string of the molecule is Cc1c(C(=O)OCC(=O)c2ccc(-c3ccc(Br)cc3)cc2)sc2ncn(C)c(=O)c12. The van der Waals surface area contributed by atoms with Crippen molar-refractivity contribution in [3.8, 4) is 11.1 Å². The van der Waals surface area contributed by atoms with Crippen LogP contribution in [0.15, 0.2) is 64.1 Å². The molecule has 31 heavy (non-hydrogen) atoms. The molecule has 0 unspecified atom stereocenters. The van der Waals surface area contributed by atoms with Gasteiger partial charge in [0.1, 0.15) is 9.71 Å². The maximum absolute atomic E-state index is 12.5. The van der Waals surface area contributed by atoms with E-state index < -0.39 is 5.97 Å². The first-order chi connectivity index (χ1) is 14.8. The number of aryl methyl sites for hydroxylation is 2. The summed E-state index contributed by atoms with van der Waals surface area (Å²) in [6.45, 7) is 1.30. The molecule has 0 fully saturated rings. The molecule has 0 N–H and O–H groups in total. The van der Waals surface area contributed by atoms with Gasteiger partial charge in [-0.25, -0.2) is 9.78 Å². The van der Waals surface area contributed by atoms with Crippen LogP contribution in [0.25, 0.3) is 21.3 Å². The van der Waals surface area contributed by atoms with Crippen molar-refractivity contribution < 1.29 is 14.3 Å². The summed E-state index contributed by atoms with van der Waals surface area (Å²) in [6, 6.07) is 15.0. The fourth-order valence-electron chi connectivity index (χ4n) is 3.17. The van der Waals surface area contributed by atoms with Crippen LogP contribution in [-0.2, 0) is 11.8 Å². The van der Waals surface area contributed by atoms with Gasteiger partial charge in [-0.3, -0.25) is 9.59 Å². The van der Waals surface area contributed by atoms with Gasteiger partial charge in [0.2, 0.25) is 0 Å². The van der Waals surface area contributed by atoms with E-state index in [2.05, 4.69) is 20.9 Å². The van der Waals surface area contributed by atoms with Crippen LogP contribution in [-0.4, -0.2) is 27.9 Å². The second-order valence-electron chi connectivity index (χ2n) is 6.98. The molecule has 0 radical (unpaired) electrons. The standard InChI is InChI=1S/C23H17BrN2O4S/c1-13-19-21(25-12-26(2)22(19)28)31-20(13)23(29)30-11-18(27)16-5-3-14(4-6-16)15-7-9-17(24)10-8-15/h3-10,12H,11H2,1-2H3. The van der Waals surface area contributed by atoms with Crippen LogP contribution in [0.1, 0.15) is 25.6 Å². The summed E-state index contributed by atoms with van der Waals surface area (Å²) in [5, 5.41) is 0.400. The number of halogens is 1. The first-order valence-electron chi connectivity index (χ1n) is 9.36. The lowest BCUT2D eigenvalue weighted by atomic mass is 10.0. The number of thiophene rings is 1. The molecule has 0 atom stereocenters. The Morgan fingerprint density at radius 2 is 1.68 bits per heavy atom. The third-order valence-corrected chi connectivity index (χ3v) is 6.62. The van der Waals surface area contributed by atoms with E-state index in [0.717, 1.165) is 26.9 Å². The summed E-state index contributed by atoms with van der Waals surface area (Å²) in [6.07, 6.45) is 1.41. The molecule has 0 saturated carbocycles. The number of benzene rings is 2. The normalized spacial score (nSPS) is 10.9. The summed E-state index contributed by atoms with van der Waals surface area (Å²) in [7, 11) is 1.60. The topological polar surface area (TPSA) is 78.3 Å². The molecule has 2 aromatic carbocycles. The second-order valence-corrected chi connectivity index (χ2v) is 8.90. The van der Waals surface area contributed by atoms with Crippen molar-refractivity contribution in [2.24, 2.45) is 7.05 Å². The minimum atomic E-state index is -0.637. The van der Waals surface area contributed by atoms with Gasteiger partial charge >= 0.3 is 5.97 Å². The van der Waals surface area contributed by atoms with Crippen molar-refractivity contribution in [2.45, 2.75) is 6.92 Å². The predicted octanol–water partition coefficient (Wildman–Crippen LogP) is 4.77. The fourth-order valence-corrected chi connectivity index (χ4v) is 4.47. The van der Waals surface area contributed by atoms with E-state index in [1.807, 2.05) is 36.4 Å². The number of Topliss-reactive ketones (excluding diaryl/α,β-unsaturated/α-hetero) is 1. The van der Waals surface area contributed by atoms with E-state index in [9.17, 15) is 14.4 Å². The van der Waals surface area contributed by atoms with E-state index in [1.165, 1.54) is 10.9 Å². The van der Waals surface area contributed by atoms with Crippen molar-refractivity contribution in [1.29, 1.82) is 0 Å². The summed E-state index contributed by atoms with van der Waals surface area (Å²) < 4.78 is 7.59. The Morgan fingerprint density at radius 3 is 2.32 bits per heavy atom. The second kappa shape index (κ2) is 8.56. The molecule has 0 spiro atoms. The minimum absolute atomic E-state index is 0.222. The molecule has 156 valence electrons. The first-order valence-corrected chi connectivity index (χ1v) is 11.0. The lowest BCUT2D eigenvalue weighted by Crippen LogP contribution is -2.17. The largest absolute Gasteiger partial charge is 0.453 e. The third-order valence-electron chi connectivity index (χ3n) is 4.91. The Bertz CT molecular complexity index is 1360. The highest BCUT2D eigenvalue weighted by molar-refractivity contribution is 9.10. The monoisotopic (exact) mass is 496 g/mol. The summed E-state index contributed by atoms with van der Waals surface area (Å²) in [4.78, 5) is 42.3. The van der Waals surface area contributed by atoms with Gasteiger partial charge in [-0.05, 0) is 35.7 Å². The Hall–Kier alpha value is -3.10. The number of fused-ring (bicyclic) bond motifs is 1. The lowest BCUT2D eigenvalue weighted by Gasteiger charge is -2.06. The number of aromatic nitrogens is 2. The molecule has 0 aliphatic carbocycles. The van der Waals surface area contributed by atoms with Crippen molar-refractivity contribution in [3.05, 3.63) is 85.7 Å². The molecule has 0 aliphatic rings. The van der Waals surface area contributed by atoms with Gasteiger partial charge in [-0.15, -0.1) is 11.3 Å². The molecular formula is C23H17BrN2O4S. The molecule has 0 amide bonds. The predicted molar refractivity (Wildman–Crippen MR) is 124 cm³/mol. The third kappa shape index (κ3) is 4.22. The lowest BCUT2D eigenvalue weighted by molar-refractivity contribution is 0.0479. The number of ketones is 1. The van der Waals surface area contributed by atoms with E-state index in [1.54, 1.807) is 26.1 Å². The molecular weight excluding hydrogens is 480 g/mol. The summed E-state index contributed by atoms with van der Waals surface area (Å²) in [5.74, 6) is -0.939. The molecule has 0 saturated heterocycles. The van der Waals surface area contributed by atoms with Crippen LogP contribution in [0.5, 0.6) is 0 Å². The number of esters is 1. The number of carbonyl (C=O) groups excluding carboxylic acids is 2. The Balaban J connectivity index is 1.46. The highest BCUT2D eigenvalue weighted by Crippen LogP contribution is 2.27. The van der Waals surface area contributed by atoms with Crippen LogP contribution < -0.4 is 5.56 Å². The number of carbonyl (C=O) groups is 2. The molecule has 4 aromatic rings. The quantitative estimate of drug-likeness (QED) is 0.293. The number of hydrogen-bond acceptors (Lipinski definition) is 6. The van der Waals surface area contributed by atoms with Crippen molar-refractivity contribution in [1.82, 2.24) is 9.55 Å². The van der Waals surface area contributed by atoms with Crippen LogP contribution >= 0.6 is 27.3 Å². The number of ether oxygens (including phenoxy) is 1. The fraction of sp³-hybridized carbons (Fsp3) is 0.130. The molecule has 0 aliphatic heterocycles. The van der Waals surface area contributed by atoms with Gasteiger partial charge < -0.3 is 9.30 Å². The smallest absolute Gasteiger partial charge is 0.349 e. The molecule has 4 rings (SSSR count). The Kier molecular flexibility index (Phi) is 5.84. The van der Waals surface area contributed by atoms with E-state index >= 15 is 0 Å². The van der Waals surface area contributed by atoms with Crippen molar-refractivity contribution in [3.63, 3.8) is 0 Å². The average molecular weight is 497 g/mol. The molecule has 6 nitrogen and oxygen atoms in total. The maximum Gasteiger partial charge on any atom is 0.349 e. The zero-order valence-electron chi connectivity index (χ0n) is 16.7. The van der Waals surface area contributed by atoms with Gasteiger partial charge in [0, 0.05) is 17.1 Å². The van der Waals surface area contributed by atoms with Crippen LogP contribution in [0.3, 0.4) is 0 Å². The molecule has 2 aromatic heterocycles. The van der Waals surface area contributed by atoms with Crippen LogP contribution in [0.2, 0.25) is 0 Å². The van der Waals surface area contributed by atoms with Crippen LogP contribution in [0, 0.1) is 6.92 Å². The van der Waals surface area contributed by atoms with Gasteiger partial charge in [-0.1, -0.05) is 52.3 Å². The number of rotatable bonds is 5. The van der Waals surface area contributed by atoms with Gasteiger partial charge in [-0.2, -0.15) is 0 Å². The molecule has 8 heteroatoms. The highest BCUT2D eigenvalue weighted by Gasteiger charge is 2.21. The Labute approximate surface area is 190 Å². The zero-order valence-corrected chi connectivity index (χ0v) is 19.1. The molecule has 2 heterocycles.